The van der Waals surface area contributed by atoms with Gasteiger partial charge >= 0.3 is 0 Å². The van der Waals surface area contributed by atoms with Crippen LogP contribution in [0.25, 0.3) is 10.6 Å². The number of ether oxygens (including phenoxy) is 2. The third-order valence-corrected chi connectivity index (χ3v) is 5.19. The van der Waals surface area contributed by atoms with Crippen LogP contribution >= 0.6 is 11.3 Å². The van der Waals surface area contributed by atoms with Crippen molar-refractivity contribution < 1.29 is 14.3 Å². The second kappa shape index (κ2) is 7.85. The van der Waals surface area contributed by atoms with Gasteiger partial charge in [-0.15, -0.1) is 11.3 Å². The first kappa shape index (κ1) is 19.6. The molecule has 0 fully saturated rings. The molecule has 0 unspecified atom stereocenters. The van der Waals surface area contributed by atoms with E-state index in [0.29, 0.717) is 22.9 Å². The van der Waals surface area contributed by atoms with Gasteiger partial charge < -0.3 is 14.8 Å². The molecule has 0 saturated carbocycles. The van der Waals surface area contributed by atoms with Crippen molar-refractivity contribution in [3.8, 4) is 22.1 Å². The van der Waals surface area contributed by atoms with E-state index in [0.717, 1.165) is 4.88 Å². The lowest BCUT2D eigenvalue weighted by Gasteiger charge is -2.25. The van der Waals surface area contributed by atoms with Crippen LogP contribution in [0, 0.1) is 0 Å². The van der Waals surface area contributed by atoms with Crippen LogP contribution in [0.15, 0.2) is 52.6 Å². The van der Waals surface area contributed by atoms with Crippen LogP contribution in [0.4, 0.5) is 5.69 Å². The summed E-state index contributed by atoms with van der Waals surface area (Å²) in [5.41, 5.74) is -0.398. The summed E-state index contributed by atoms with van der Waals surface area (Å²) in [5, 5.41) is 9.17. The molecule has 0 aliphatic carbocycles. The molecule has 1 aromatic carbocycles. The zero-order valence-electron chi connectivity index (χ0n) is 16.1. The Balaban J connectivity index is 1.91. The van der Waals surface area contributed by atoms with Gasteiger partial charge in [-0.25, -0.2) is 4.68 Å². The molecule has 0 aliphatic heterocycles. The van der Waals surface area contributed by atoms with E-state index in [2.05, 4.69) is 10.4 Å². The summed E-state index contributed by atoms with van der Waals surface area (Å²) >= 11 is 1.52. The van der Waals surface area contributed by atoms with E-state index in [1.165, 1.54) is 36.3 Å². The zero-order chi connectivity index (χ0) is 20.3. The van der Waals surface area contributed by atoms with Crippen molar-refractivity contribution in [3.63, 3.8) is 0 Å². The van der Waals surface area contributed by atoms with Gasteiger partial charge in [-0.1, -0.05) is 6.07 Å². The normalized spacial score (nSPS) is 11.1. The third kappa shape index (κ3) is 3.77. The number of anilines is 1. The average molecular weight is 399 g/mol. The molecule has 8 heteroatoms. The van der Waals surface area contributed by atoms with Crippen molar-refractivity contribution in [1.29, 1.82) is 0 Å². The van der Waals surface area contributed by atoms with Gasteiger partial charge in [-0.05, 0) is 43.5 Å². The summed E-state index contributed by atoms with van der Waals surface area (Å²) < 4.78 is 11.7. The molecule has 0 saturated heterocycles. The van der Waals surface area contributed by atoms with Crippen LogP contribution in [0.3, 0.4) is 0 Å². The van der Waals surface area contributed by atoms with Crippen molar-refractivity contribution in [3.05, 3.63) is 58.2 Å². The molecule has 0 atom stereocenters. The number of rotatable bonds is 6. The fourth-order valence-electron chi connectivity index (χ4n) is 2.66. The molecule has 0 bridgehead atoms. The number of nitrogens with one attached hydrogen (secondary N) is 1. The molecule has 2 heterocycles. The Hall–Kier alpha value is -3.13. The van der Waals surface area contributed by atoms with Crippen LogP contribution in [0.1, 0.15) is 13.8 Å². The highest BCUT2D eigenvalue weighted by molar-refractivity contribution is 7.13. The quantitative estimate of drug-likeness (QED) is 0.687. The van der Waals surface area contributed by atoms with E-state index < -0.39 is 5.54 Å². The average Bonchev–Trinajstić information content (AvgIpc) is 3.22. The van der Waals surface area contributed by atoms with Gasteiger partial charge in [0.1, 0.15) is 11.2 Å². The van der Waals surface area contributed by atoms with E-state index in [4.69, 9.17) is 9.47 Å². The molecule has 3 rings (SSSR count). The van der Waals surface area contributed by atoms with E-state index >= 15 is 0 Å². The molecule has 3 aromatic rings. The van der Waals surface area contributed by atoms with Gasteiger partial charge in [0, 0.05) is 17.8 Å². The van der Waals surface area contributed by atoms with Crippen molar-refractivity contribution in [2.75, 3.05) is 19.5 Å². The summed E-state index contributed by atoms with van der Waals surface area (Å²) in [4.78, 5) is 26.3. The van der Waals surface area contributed by atoms with Crippen LogP contribution in [0.5, 0.6) is 11.5 Å². The summed E-state index contributed by atoms with van der Waals surface area (Å²) in [6, 6.07) is 12.0. The lowest BCUT2D eigenvalue weighted by molar-refractivity contribution is -0.123. The molecule has 7 nitrogen and oxygen atoms in total. The Morgan fingerprint density at radius 1 is 1.11 bits per heavy atom. The third-order valence-electron chi connectivity index (χ3n) is 4.30. The Morgan fingerprint density at radius 3 is 2.50 bits per heavy atom. The minimum atomic E-state index is -1.21. The Morgan fingerprint density at radius 2 is 1.86 bits per heavy atom. The Labute approximate surface area is 166 Å². The maximum atomic E-state index is 13.0. The second-order valence-electron chi connectivity index (χ2n) is 6.53. The summed E-state index contributed by atoms with van der Waals surface area (Å²) in [7, 11) is 3.06. The van der Waals surface area contributed by atoms with E-state index in [-0.39, 0.29) is 11.5 Å². The molecular formula is C20H21N3O4S. The lowest BCUT2D eigenvalue weighted by atomic mass is 10.0. The molecule has 0 spiro atoms. The summed E-state index contributed by atoms with van der Waals surface area (Å²) in [5.74, 6) is 0.673. The molecule has 0 aliphatic rings. The van der Waals surface area contributed by atoms with Gasteiger partial charge in [-0.3, -0.25) is 9.59 Å². The minimum absolute atomic E-state index is 0.354. The van der Waals surface area contributed by atoms with Crippen molar-refractivity contribution >= 4 is 22.9 Å². The number of thiophene rings is 1. The van der Waals surface area contributed by atoms with E-state index in [9.17, 15) is 9.59 Å². The molecule has 146 valence electrons. The number of carbonyl (C=O) groups is 1. The number of carbonyl (C=O) groups excluding carboxylic acids is 1. The maximum absolute atomic E-state index is 13.0. The number of amides is 1. The monoisotopic (exact) mass is 399 g/mol. The SMILES string of the molecule is COc1ccc(NC(=O)C(C)(C)n2nc(-c3cccs3)ccc2=O)cc1OC. The highest BCUT2D eigenvalue weighted by Crippen LogP contribution is 2.30. The van der Waals surface area contributed by atoms with Crippen molar-refractivity contribution in [2.45, 2.75) is 19.4 Å². The predicted octanol–water partition coefficient (Wildman–Crippen LogP) is 3.36. The summed E-state index contributed by atoms with van der Waals surface area (Å²) in [6.07, 6.45) is 0. The Kier molecular flexibility index (Phi) is 5.51. The second-order valence-corrected chi connectivity index (χ2v) is 7.48. The van der Waals surface area contributed by atoms with Crippen LogP contribution in [0.2, 0.25) is 0 Å². The number of hydrogen-bond donors (Lipinski definition) is 1. The zero-order valence-corrected chi connectivity index (χ0v) is 16.9. The molecule has 28 heavy (non-hydrogen) atoms. The molecule has 2 aromatic heterocycles. The highest BCUT2D eigenvalue weighted by atomic mass is 32.1. The van der Waals surface area contributed by atoms with Crippen molar-refractivity contribution in [2.24, 2.45) is 0 Å². The molecular weight excluding hydrogens is 378 g/mol. The van der Waals surface area contributed by atoms with Gasteiger partial charge in [0.15, 0.2) is 11.5 Å². The molecule has 1 N–H and O–H groups in total. The number of aromatic nitrogens is 2. The number of hydrogen-bond acceptors (Lipinski definition) is 6. The van der Waals surface area contributed by atoms with Crippen LogP contribution < -0.4 is 20.3 Å². The van der Waals surface area contributed by atoms with E-state index in [1.807, 2.05) is 17.5 Å². The maximum Gasteiger partial charge on any atom is 0.267 e. The Bertz CT molecular complexity index is 1040. The first-order valence-electron chi connectivity index (χ1n) is 8.55. The van der Waals surface area contributed by atoms with Gasteiger partial charge in [0.25, 0.3) is 11.5 Å². The lowest BCUT2D eigenvalue weighted by Crippen LogP contribution is -2.47. The number of benzene rings is 1. The van der Waals surface area contributed by atoms with Gasteiger partial charge in [0.2, 0.25) is 0 Å². The largest absolute Gasteiger partial charge is 0.493 e. The predicted molar refractivity (Wildman–Crippen MR) is 109 cm³/mol. The molecule has 1 amide bonds. The number of methoxy groups -OCH3 is 2. The fourth-order valence-corrected chi connectivity index (χ4v) is 3.35. The minimum Gasteiger partial charge on any atom is -0.493 e. The fraction of sp³-hybridized carbons (Fsp3) is 0.250. The van der Waals surface area contributed by atoms with Crippen molar-refractivity contribution in [1.82, 2.24) is 9.78 Å². The topological polar surface area (TPSA) is 82.5 Å². The highest BCUT2D eigenvalue weighted by Gasteiger charge is 2.32. The summed E-state index contributed by atoms with van der Waals surface area (Å²) in [6.45, 7) is 3.30. The number of nitrogens with zero attached hydrogens (tertiary/aromatic N) is 2. The first-order chi connectivity index (χ1) is 13.4. The molecule has 0 radical (unpaired) electrons. The van der Waals surface area contributed by atoms with E-state index in [1.54, 1.807) is 38.1 Å². The standard InChI is InChI=1S/C20H21N3O4S/c1-20(2,19(25)21-13-7-9-15(26-3)16(12-13)27-4)23-18(24)10-8-14(22-23)17-6-5-11-28-17/h5-12H,1-4H3,(H,21,25). The van der Waals surface area contributed by atoms with Gasteiger partial charge in [-0.2, -0.15) is 5.10 Å². The van der Waals surface area contributed by atoms with Crippen LogP contribution in [-0.4, -0.2) is 29.9 Å². The van der Waals surface area contributed by atoms with Crippen LogP contribution in [-0.2, 0) is 10.3 Å². The first-order valence-corrected chi connectivity index (χ1v) is 9.43. The smallest absolute Gasteiger partial charge is 0.267 e. The van der Waals surface area contributed by atoms with Gasteiger partial charge in [0.05, 0.1) is 19.1 Å².